The number of carboxylic acids is 1. The molecule has 1 aromatic heterocycles. The molecule has 1 unspecified atom stereocenters. The van der Waals surface area contributed by atoms with E-state index in [2.05, 4.69) is 10.3 Å². The van der Waals surface area contributed by atoms with Gasteiger partial charge in [0, 0.05) is 24.5 Å². The number of rotatable bonds is 10. The van der Waals surface area contributed by atoms with Crippen molar-refractivity contribution in [2.75, 3.05) is 12.0 Å². The van der Waals surface area contributed by atoms with Crippen LogP contribution in [0.4, 0.5) is 0 Å². The topological polar surface area (TPSA) is 84.2 Å². The van der Waals surface area contributed by atoms with Gasteiger partial charge in [0.05, 0.1) is 6.33 Å². The Morgan fingerprint density at radius 2 is 2.00 bits per heavy atom. The summed E-state index contributed by atoms with van der Waals surface area (Å²) in [5.74, 6) is -0.723. The van der Waals surface area contributed by atoms with Gasteiger partial charge in [-0.05, 0) is 60.1 Å². The van der Waals surface area contributed by atoms with Crippen LogP contribution in [-0.2, 0) is 17.8 Å². The number of aliphatic carboxylic acids is 1. The van der Waals surface area contributed by atoms with Gasteiger partial charge in [0.2, 0.25) is 0 Å². The van der Waals surface area contributed by atoms with E-state index in [0.717, 1.165) is 35.2 Å². The number of carboxylic acid groups (broad SMARTS) is 1. The van der Waals surface area contributed by atoms with Crippen LogP contribution in [0.1, 0.15) is 29.3 Å². The predicted molar refractivity (Wildman–Crippen MR) is 126 cm³/mol. The minimum absolute atomic E-state index is 0. The molecule has 6 nitrogen and oxygen atoms in total. The zero-order valence-electron chi connectivity index (χ0n) is 19.7. The second kappa shape index (κ2) is 12.8. The van der Waals surface area contributed by atoms with E-state index in [1.165, 1.54) is 0 Å². The number of aromatic nitrogens is 2. The fourth-order valence-corrected chi connectivity index (χ4v) is 3.92. The van der Waals surface area contributed by atoms with Gasteiger partial charge in [0.15, 0.2) is 0 Å². The zero-order valence-corrected chi connectivity index (χ0v) is 21.6. The molecule has 164 valence electrons. The van der Waals surface area contributed by atoms with Gasteiger partial charge in [-0.2, -0.15) is 11.8 Å². The molecule has 0 aliphatic rings. The molecule has 1 amide bonds. The fourth-order valence-electron chi connectivity index (χ4n) is 3.45. The molecule has 8 heteroatoms. The van der Waals surface area contributed by atoms with Crippen molar-refractivity contribution in [2.45, 2.75) is 32.4 Å². The molecule has 2 N–H and O–H groups in total. The van der Waals surface area contributed by atoms with Crippen LogP contribution in [0.25, 0.3) is 11.1 Å². The van der Waals surface area contributed by atoms with Crippen LogP contribution in [0, 0.1) is 6.92 Å². The number of nitrogens with zero attached hydrogens (tertiary/aromatic N) is 2. The molecular weight excluding hydrogens is 433 g/mol. The third-order valence-electron chi connectivity index (χ3n) is 5.20. The normalized spacial score (nSPS) is 11.4. The Balaban J connectivity index is 0.00000272. The number of aryl methyl sites for hydroxylation is 3. The van der Waals surface area contributed by atoms with Crippen molar-refractivity contribution in [1.29, 1.82) is 0 Å². The van der Waals surface area contributed by atoms with Crippen molar-refractivity contribution in [3.8, 4) is 11.1 Å². The largest absolute Gasteiger partial charge is 1.00 e. The maximum atomic E-state index is 13.1. The first-order valence-corrected chi connectivity index (χ1v) is 11.6. The van der Waals surface area contributed by atoms with Gasteiger partial charge in [-0.1, -0.05) is 36.4 Å². The molecule has 1 atom stereocenters. The van der Waals surface area contributed by atoms with E-state index in [4.69, 9.17) is 0 Å². The first-order chi connectivity index (χ1) is 15.0. The molecule has 0 saturated carbocycles. The van der Waals surface area contributed by atoms with Crippen LogP contribution in [0.15, 0.2) is 61.2 Å². The van der Waals surface area contributed by atoms with Gasteiger partial charge in [-0.25, -0.2) is 9.78 Å². The minimum atomic E-state index is -1.02. The summed E-state index contributed by atoms with van der Waals surface area (Å²) in [5, 5.41) is 12.2. The molecule has 0 bridgehead atoms. The van der Waals surface area contributed by atoms with E-state index in [1.807, 2.05) is 60.3 Å². The predicted octanol–water partition coefficient (Wildman–Crippen LogP) is 1.15. The summed E-state index contributed by atoms with van der Waals surface area (Å²) in [4.78, 5) is 28.8. The Morgan fingerprint density at radius 1 is 1.22 bits per heavy atom. The molecule has 2 aromatic carbocycles. The summed E-state index contributed by atoms with van der Waals surface area (Å²) in [6.07, 6.45) is 8.55. The van der Waals surface area contributed by atoms with Crippen LogP contribution in [-0.4, -0.2) is 44.6 Å². The maximum absolute atomic E-state index is 13.1. The maximum Gasteiger partial charge on any atom is 1.00 e. The summed E-state index contributed by atoms with van der Waals surface area (Å²) >= 11 is 1.56. The molecule has 0 aliphatic heterocycles. The molecule has 3 aromatic rings. The number of benzene rings is 2. The Bertz CT molecular complexity index is 1050. The van der Waals surface area contributed by atoms with Crippen LogP contribution in [0.5, 0.6) is 0 Å². The molecule has 3 rings (SSSR count). The SMILES string of the molecule is CSCCC(NC(=O)c1ccc(CCn2ccnc2)cc1-c1ccccc1C)C(=O)O.[H-].[Na+]. The van der Waals surface area contributed by atoms with Gasteiger partial charge >= 0.3 is 35.5 Å². The van der Waals surface area contributed by atoms with Crippen molar-refractivity contribution in [2.24, 2.45) is 0 Å². The molecule has 0 fully saturated rings. The second-order valence-electron chi connectivity index (χ2n) is 7.39. The van der Waals surface area contributed by atoms with Gasteiger partial charge in [-0.15, -0.1) is 0 Å². The third-order valence-corrected chi connectivity index (χ3v) is 5.84. The molecular formula is C24H28N3NaO3S. The zero-order chi connectivity index (χ0) is 22.2. The number of imidazole rings is 1. The van der Waals surface area contributed by atoms with Crippen molar-refractivity contribution in [3.63, 3.8) is 0 Å². The van der Waals surface area contributed by atoms with Gasteiger partial charge in [0.25, 0.3) is 5.91 Å². The third kappa shape index (κ3) is 6.97. The second-order valence-corrected chi connectivity index (χ2v) is 8.38. The van der Waals surface area contributed by atoms with Gasteiger partial charge < -0.3 is 16.4 Å². The Morgan fingerprint density at radius 3 is 2.66 bits per heavy atom. The van der Waals surface area contributed by atoms with Crippen LogP contribution in [0.3, 0.4) is 0 Å². The average molecular weight is 462 g/mol. The summed E-state index contributed by atoms with van der Waals surface area (Å²) in [6.45, 7) is 2.79. The average Bonchev–Trinajstić information content (AvgIpc) is 3.29. The van der Waals surface area contributed by atoms with Crippen molar-refractivity contribution in [3.05, 3.63) is 77.9 Å². The van der Waals surface area contributed by atoms with Crippen molar-refractivity contribution in [1.82, 2.24) is 14.9 Å². The van der Waals surface area contributed by atoms with E-state index in [-0.39, 0.29) is 36.9 Å². The van der Waals surface area contributed by atoms with E-state index in [1.54, 1.807) is 30.4 Å². The monoisotopic (exact) mass is 461 g/mol. The van der Waals surface area contributed by atoms with E-state index >= 15 is 0 Å². The standard InChI is InChI=1S/C24H27N3O3S.Na.H/c1-17-5-3-4-6-19(17)21-15-18(9-12-27-13-11-25-16-27)7-8-20(21)23(28)26-22(24(29)30)10-14-31-2;;/h3-8,11,13,15-16,22H,9-10,12,14H2,1-2H3,(H,26,28)(H,29,30);;/q;+1;-1. The molecule has 1 heterocycles. The number of thioether (sulfide) groups is 1. The molecule has 0 aliphatic carbocycles. The molecule has 0 saturated heterocycles. The number of hydrogen-bond acceptors (Lipinski definition) is 4. The van der Waals surface area contributed by atoms with Crippen molar-refractivity contribution >= 4 is 23.6 Å². The molecule has 32 heavy (non-hydrogen) atoms. The van der Waals surface area contributed by atoms with E-state index in [9.17, 15) is 14.7 Å². The first-order valence-electron chi connectivity index (χ1n) is 10.2. The Kier molecular flexibility index (Phi) is 10.5. The first kappa shape index (κ1) is 26.2. The molecule has 0 radical (unpaired) electrons. The number of carbonyl (C=O) groups excluding carboxylic acids is 1. The quantitative estimate of drug-likeness (QED) is 0.443. The van der Waals surface area contributed by atoms with E-state index < -0.39 is 12.0 Å². The summed E-state index contributed by atoms with van der Waals surface area (Å²) < 4.78 is 2.01. The number of hydrogen-bond donors (Lipinski definition) is 2. The van der Waals surface area contributed by atoms with E-state index in [0.29, 0.717) is 17.7 Å². The Labute approximate surface area is 216 Å². The number of carbonyl (C=O) groups is 2. The smallest absolute Gasteiger partial charge is 1.00 e. The number of nitrogens with one attached hydrogen (secondary N) is 1. The molecule has 0 spiro atoms. The van der Waals surface area contributed by atoms with Crippen LogP contribution >= 0.6 is 11.8 Å². The Hall–Kier alpha value is -2.06. The van der Waals surface area contributed by atoms with Crippen molar-refractivity contribution < 1.29 is 45.7 Å². The van der Waals surface area contributed by atoms with Gasteiger partial charge in [0.1, 0.15) is 6.04 Å². The van der Waals surface area contributed by atoms with Crippen LogP contribution < -0.4 is 34.9 Å². The summed E-state index contributed by atoms with van der Waals surface area (Å²) in [7, 11) is 0. The summed E-state index contributed by atoms with van der Waals surface area (Å²) in [6, 6.07) is 12.8. The fraction of sp³-hybridized carbons (Fsp3) is 0.292. The van der Waals surface area contributed by atoms with Gasteiger partial charge in [-0.3, -0.25) is 4.79 Å². The number of amides is 1. The summed E-state index contributed by atoms with van der Waals surface area (Å²) in [5.41, 5.74) is 4.41. The van der Waals surface area contributed by atoms with Crippen LogP contribution in [0.2, 0.25) is 0 Å². The minimum Gasteiger partial charge on any atom is -1.00 e.